The van der Waals surface area contributed by atoms with Crippen LogP contribution in [-0.4, -0.2) is 20.4 Å². The molecule has 1 heterocycles. The van der Waals surface area contributed by atoms with E-state index in [4.69, 9.17) is 0 Å². The lowest BCUT2D eigenvalue weighted by Gasteiger charge is -2.09. The molecule has 0 fully saturated rings. The van der Waals surface area contributed by atoms with Crippen molar-refractivity contribution < 1.29 is 8.42 Å². The maximum atomic E-state index is 12.8. The highest BCUT2D eigenvalue weighted by Gasteiger charge is 2.14. The monoisotopic (exact) mass is 455 g/mol. The second-order valence-corrected chi connectivity index (χ2v) is 9.84. The van der Waals surface area contributed by atoms with Crippen molar-refractivity contribution in [1.29, 1.82) is 0 Å². The van der Waals surface area contributed by atoms with E-state index in [9.17, 15) is 8.42 Å². The van der Waals surface area contributed by atoms with Gasteiger partial charge in [-0.05, 0) is 42.7 Å². The highest BCUT2D eigenvalue weighted by molar-refractivity contribution is 7.92. The summed E-state index contributed by atoms with van der Waals surface area (Å²) in [4.78, 5) is 4.71. The zero-order chi connectivity index (χ0) is 22.1. The SMILES string of the molecule is CCCCCCC=Cc1ccc(S(=O)(=O)Nc2cccc(-c3csc(NC)n3)c2)cc1. The first-order valence-corrected chi connectivity index (χ1v) is 12.9. The quantitative estimate of drug-likeness (QED) is 0.318. The van der Waals surface area contributed by atoms with E-state index in [2.05, 4.69) is 28.0 Å². The highest BCUT2D eigenvalue weighted by Crippen LogP contribution is 2.27. The second-order valence-electron chi connectivity index (χ2n) is 7.29. The number of hydrogen-bond donors (Lipinski definition) is 2. The fraction of sp³-hybridized carbons (Fsp3) is 0.292. The van der Waals surface area contributed by atoms with E-state index in [1.54, 1.807) is 24.3 Å². The molecule has 0 aliphatic heterocycles. The van der Waals surface area contributed by atoms with E-state index in [0.717, 1.165) is 28.4 Å². The molecule has 2 N–H and O–H groups in total. The second kappa shape index (κ2) is 11.1. The van der Waals surface area contributed by atoms with Crippen molar-refractivity contribution in [2.75, 3.05) is 17.1 Å². The standard InChI is InChI=1S/C24H29N3O2S2/c1-3-4-5-6-7-8-10-19-13-15-22(16-14-19)31(28,29)27-21-12-9-11-20(17-21)23-18-30-24(25-2)26-23/h8-18,27H,3-7H2,1-2H3,(H,25,26). The first kappa shape index (κ1) is 23.0. The third-order valence-electron chi connectivity index (χ3n) is 4.85. The first-order chi connectivity index (χ1) is 15.0. The van der Waals surface area contributed by atoms with Crippen molar-refractivity contribution in [3.63, 3.8) is 0 Å². The van der Waals surface area contributed by atoms with Crippen LogP contribution >= 0.6 is 11.3 Å². The molecule has 7 heteroatoms. The van der Waals surface area contributed by atoms with Crippen LogP contribution in [0.1, 0.15) is 44.6 Å². The molecular weight excluding hydrogens is 426 g/mol. The van der Waals surface area contributed by atoms with Gasteiger partial charge in [0.1, 0.15) is 0 Å². The van der Waals surface area contributed by atoms with Gasteiger partial charge in [0.05, 0.1) is 10.6 Å². The van der Waals surface area contributed by atoms with Crippen LogP contribution < -0.4 is 10.0 Å². The number of anilines is 2. The summed E-state index contributed by atoms with van der Waals surface area (Å²) in [6, 6.07) is 14.2. The summed E-state index contributed by atoms with van der Waals surface area (Å²) in [5.74, 6) is 0. The number of benzene rings is 2. The third-order valence-corrected chi connectivity index (χ3v) is 7.11. The first-order valence-electron chi connectivity index (χ1n) is 10.5. The van der Waals surface area contributed by atoms with Gasteiger partial charge in [-0.25, -0.2) is 13.4 Å². The molecule has 0 spiro atoms. The Labute approximate surface area is 189 Å². The van der Waals surface area contributed by atoms with Gasteiger partial charge in [-0.15, -0.1) is 11.3 Å². The largest absolute Gasteiger partial charge is 0.365 e. The fourth-order valence-electron chi connectivity index (χ4n) is 3.14. The summed E-state index contributed by atoms with van der Waals surface area (Å²) in [6.45, 7) is 2.21. The summed E-state index contributed by atoms with van der Waals surface area (Å²) in [5.41, 5.74) is 3.17. The predicted octanol–water partition coefficient (Wildman–Crippen LogP) is 6.64. The maximum Gasteiger partial charge on any atom is 0.261 e. The van der Waals surface area contributed by atoms with Gasteiger partial charge in [-0.1, -0.05) is 62.6 Å². The van der Waals surface area contributed by atoms with Crippen LogP contribution in [0.3, 0.4) is 0 Å². The number of allylic oxidation sites excluding steroid dienone is 1. The molecule has 0 amide bonds. The topological polar surface area (TPSA) is 71.1 Å². The minimum atomic E-state index is -3.67. The number of hydrogen-bond acceptors (Lipinski definition) is 5. The van der Waals surface area contributed by atoms with Gasteiger partial charge in [-0.2, -0.15) is 0 Å². The Morgan fingerprint density at radius 3 is 2.58 bits per heavy atom. The lowest BCUT2D eigenvalue weighted by atomic mass is 10.1. The molecule has 3 aromatic rings. The molecule has 0 saturated heterocycles. The zero-order valence-corrected chi connectivity index (χ0v) is 19.6. The number of sulfonamides is 1. The fourth-order valence-corrected chi connectivity index (χ4v) is 4.87. The molecule has 31 heavy (non-hydrogen) atoms. The van der Waals surface area contributed by atoms with E-state index in [1.807, 2.05) is 42.8 Å². The normalized spacial score (nSPS) is 11.7. The number of rotatable bonds is 11. The zero-order valence-electron chi connectivity index (χ0n) is 18.0. The van der Waals surface area contributed by atoms with E-state index >= 15 is 0 Å². The lowest BCUT2D eigenvalue weighted by molar-refractivity contribution is 0.601. The average Bonchev–Trinajstić information content (AvgIpc) is 3.26. The van der Waals surface area contributed by atoms with E-state index < -0.39 is 10.0 Å². The summed E-state index contributed by atoms with van der Waals surface area (Å²) < 4.78 is 28.3. The Kier molecular flexibility index (Phi) is 8.26. The molecule has 0 radical (unpaired) electrons. The number of aromatic nitrogens is 1. The van der Waals surface area contributed by atoms with Crippen molar-refractivity contribution in [2.24, 2.45) is 0 Å². The van der Waals surface area contributed by atoms with Crippen LogP contribution in [0.4, 0.5) is 10.8 Å². The van der Waals surface area contributed by atoms with Crippen LogP contribution in [0, 0.1) is 0 Å². The Bertz CT molecular complexity index is 1100. The van der Waals surface area contributed by atoms with Crippen molar-refractivity contribution >= 4 is 38.3 Å². The minimum Gasteiger partial charge on any atom is -0.365 e. The smallest absolute Gasteiger partial charge is 0.261 e. The predicted molar refractivity (Wildman–Crippen MR) is 132 cm³/mol. The van der Waals surface area contributed by atoms with Crippen molar-refractivity contribution in [3.05, 3.63) is 65.6 Å². The number of unbranched alkanes of at least 4 members (excludes halogenated alkanes) is 4. The molecule has 0 unspecified atom stereocenters. The number of nitrogens with zero attached hydrogens (tertiary/aromatic N) is 1. The van der Waals surface area contributed by atoms with Gasteiger partial charge in [0.15, 0.2) is 5.13 Å². The van der Waals surface area contributed by atoms with Gasteiger partial charge in [0.25, 0.3) is 10.0 Å². The van der Waals surface area contributed by atoms with Crippen molar-refractivity contribution in [1.82, 2.24) is 4.98 Å². The van der Waals surface area contributed by atoms with Gasteiger partial charge < -0.3 is 5.32 Å². The van der Waals surface area contributed by atoms with Gasteiger partial charge in [0.2, 0.25) is 0 Å². The Balaban J connectivity index is 1.65. The Morgan fingerprint density at radius 2 is 1.87 bits per heavy atom. The average molecular weight is 456 g/mol. The molecule has 1 aromatic heterocycles. The molecule has 0 aliphatic carbocycles. The summed E-state index contributed by atoms with van der Waals surface area (Å²) in [5, 5.41) is 5.77. The van der Waals surface area contributed by atoms with Crippen LogP contribution in [-0.2, 0) is 10.0 Å². The van der Waals surface area contributed by atoms with Gasteiger partial charge in [-0.3, -0.25) is 4.72 Å². The van der Waals surface area contributed by atoms with Crippen molar-refractivity contribution in [2.45, 2.75) is 43.9 Å². The van der Waals surface area contributed by atoms with Crippen LogP contribution in [0.25, 0.3) is 17.3 Å². The molecular formula is C24H29N3O2S2. The number of nitrogens with one attached hydrogen (secondary N) is 2. The maximum absolute atomic E-state index is 12.8. The molecule has 164 valence electrons. The third kappa shape index (κ3) is 6.67. The molecule has 2 aromatic carbocycles. The number of thiazole rings is 1. The van der Waals surface area contributed by atoms with E-state index in [-0.39, 0.29) is 4.90 Å². The molecule has 3 rings (SSSR count). The molecule has 5 nitrogen and oxygen atoms in total. The lowest BCUT2D eigenvalue weighted by Crippen LogP contribution is -2.12. The van der Waals surface area contributed by atoms with Crippen LogP contribution in [0.2, 0.25) is 0 Å². The molecule has 0 bridgehead atoms. The van der Waals surface area contributed by atoms with Crippen LogP contribution in [0.5, 0.6) is 0 Å². The molecule has 0 saturated carbocycles. The van der Waals surface area contributed by atoms with Crippen molar-refractivity contribution in [3.8, 4) is 11.3 Å². The molecule has 0 aliphatic rings. The van der Waals surface area contributed by atoms with Gasteiger partial charge >= 0.3 is 0 Å². The highest BCUT2D eigenvalue weighted by atomic mass is 32.2. The Morgan fingerprint density at radius 1 is 1.06 bits per heavy atom. The molecule has 0 atom stereocenters. The summed E-state index contributed by atoms with van der Waals surface area (Å²) >= 11 is 1.51. The van der Waals surface area contributed by atoms with Gasteiger partial charge in [0, 0.05) is 23.7 Å². The summed E-state index contributed by atoms with van der Waals surface area (Å²) in [7, 11) is -1.85. The minimum absolute atomic E-state index is 0.240. The Hall–Kier alpha value is -2.64. The van der Waals surface area contributed by atoms with Crippen LogP contribution in [0.15, 0.2) is 64.9 Å². The van der Waals surface area contributed by atoms with E-state index in [0.29, 0.717) is 5.69 Å². The van der Waals surface area contributed by atoms with E-state index in [1.165, 1.54) is 37.0 Å². The summed E-state index contributed by atoms with van der Waals surface area (Å²) in [6.07, 6.45) is 10.2.